The summed E-state index contributed by atoms with van der Waals surface area (Å²) in [4.78, 5) is 15.6. The highest BCUT2D eigenvalue weighted by Gasteiger charge is 2.26. The number of hydrogen-bond acceptors (Lipinski definition) is 4. The van der Waals surface area contributed by atoms with Gasteiger partial charge in [0.15, 0.2) is 0 Å². The summed E-state index contributed by atoms with van der Waals surface area (Å²) in [5.74, 6) is -0.611. The van der Waals surface area contributed by atoms with Crippen molar-refractivity contribution in [3.8, 4) is 0 Å². The second-order valence-electron chi connectivity index (χ2n) is 3.32. The van der Waals surface area contributed by atoms with E-state index in [0.29, 0.717) is 6.42 Å². The molecule has 15 heavy (non-hydrogen) atoms. The Labute approximate surface area is 89.5 Å². The number of nitrogens with two attached hydrogens (primary N) is 1. The van der Waals surface area contributed by atoms with Gasteiger partial charge in [-0.1, -0.05) is 13.0 Å². The normalized spacial score (nSPS) is 14.3. The molecule has 0 amide bonds. The van der Waals surface area contributed by atoms with Crippen LogP contribution in [0.1, 0.15) is 25.1 Å². The third kappa shape index (κ3) is 2.76. The van der Waals surface area contributed by atoms with Gasteiger partial charge in [0.25, 0.3) is 0 Å². The van der Waals surface area contributed by atoms with Gasteiger partial charge in [-0.2, -0.15) is 0 Å². The first-order valence-corrected chi connectivity index (χ1v) is 4.95. The van der Waals surface area contributed by atoms with Crippen molar-refractivity contribution in [1.82, 2.24) is 4.98 Å². The average Bonchev–Trinajstić information content (AvgIpc) is 2.30. The molecule has 0 radical (unpaired) electrons. The maximum Gasteiger partial charge on any atom is 0.310 e. The molecule has 0 aliphatic rings. The number of rotatable bonds is 4. The van der Waals surface area contributed by atoms with Crippen molar-refractivity contribution in [1.29, 1.82) is 0 Å². The van der Waals surface area contributed by atoms with Gasteiger partial charge in [0.1, 0.15) is 0 Å². The van der Waals surface area contributed by atoms with E-state index in [1.54, 1.807) is 6.20 Å². The monoisotopic (exact) mass is 208 g/mol. The van der Waals surface area contributed by atoms with Crippen LogP contribution in [0.25, 0.3) is 0 Å². The van der Waals surface area contributed by atoms with E-state index in [1.807, 2.05) is 25.1 Å². The molecule has 4 nitrogen and oxygen atoms in total. The maximum atomic E-state index is 11.4. The molecule has 4 heteroatoms. The van der Waals surface area contributed by atoms with E-state index in [4.69, 9.17) is 10.5 Å². The zero-order chi connectivity index (χ0) is 11.3. The molecule has 0 bridgehead atoms. The fourth-order valence-electron chi connectivity index (χ4n) is 1.50. The van der Waals surface area contributed by atoms with Crippen LogP contribution in [-0.4, -0.2) is 18.1 Å². The third-order valence-electron chi connectivity index (χ3n) is 2.41. The van der Waals surface area contributed by atoms with Crippen LogP contribution in [0.5, 0.6) is 0 Å². The van der Waals surface area contributed by atoms with Crippen LogP contribution in [0, 0.1) is 5.92 Å². The highest BCUT2D eigenvalue weighted by molar-refractivity contribution is 5.73. The number of esters is 1. The van der Waals surface area contributed by atoms with E-state index in [1.165, 1.54) is 7.11 Å². The number of carbonyl (C=O) groups excluding carboxylic acids is 1. The first kappa shape index (κ1) is 11.7. The fourth-order valence-corrected chi connectivity index (χ4v) is 1.50. The minimum atomic E-state index is -0.399. The number of aromatic nitrogens is 1. The number of nitrogens with zero attached hydrogens (tertiary/aromatic N) is 1. The Bertz CT molecular complexity index is 314. The van der Waals surface area contributed by atoms with E-state index < -0.39 is 6.04 Å². The van der Waals surface area contributed by atoms with Crippen molar-refractivity contribution in [2.45, 2.75) is 19.4 Å². The Morgan fingerprint density at radius 2 is 2.33 bits per heavy atom. The summed E-state index contributed by atoms with van der Waals surface area (Å²) >= 11 is 0. The first-order chi connectivity index (χ1) is 7.20. The Morgan fingerprint density at radius 1 is 1.60 bits per heavy atom. The van der Waals surface area contributed by atoms with E-state index in [-0.39, 0.29) is 11.9 Å². The summed E-state index contributed by atoms with van der Waals surface area (Å²) in [6.07, 6.45) is 2.31. The van der Waals surface area contributed by atoms with Gasteiger partial charge in [-0.25, -0.2) is 0 Å². The van der Waals surface area contributed by atoms with Crippen LogP contribution in [-0.2, 0) is 9.53 Å². The molecule has 1 heterocycles. The van der Waals surface area contributed by atoms with Gasteiger partial charge >= 0.3 is 5.97 Å². The van der Waals surface area contributed by atoms with Gasteiger partial charge in [-0.15, -0.1) is 0 Å². The number of carbonyl (C=O) groups is 1. The molecule has 2 atom stereocenters. The molecule has 0 fully saturated rings. The van der Waals surface area contributed by atoms with Gasteiger partial charge in [-0.05, 0) is 18.6 Å². The largest absolute Gasteiger partial charge is 0.469 e. The SMILES string of the molecule is CCC(C(=O)OC)C(N)c1ccccn1. The number of pyridine rings is 1. The second-order valence-corrected chi connectivity index (χ2v) is 3.32. The topological polar surface area (TPSA) is 65.2 Å². The Hall–Kier alpha value is -1.42. The minimum absolute atomic E-state index is 0.282. The first-order valence-electron chi connectivity index (χ1n) is 4.95. The van der Waals surface area contributed by atoms with Crippen molar-refractivity contribution in [2.75, 3.05) is 7.11 Å². The maximum absolute atomic E-state index is 11.4. The van der Waals surface area contributed by atoms with Crippen molar-refractivity contribution in [3.63, 3.8) is 0 Å². The van der Waals surface area contributed by atoms with Crippen LogP contribution in [0.15, 0.2) is 24.4 Å². The zero-order valence-electron chi connectivity index (χ0n) is 9.01. The molecule has 82 valence electrons. The molecule has 1 aromatic rings. The lowest BCUT2D eigenvalue weighted by Crippen LogP contribution is -2.29. The smallest absolute Gasteiger partial charge is 0.310 e. The minimum Gasteiger partial charge on any atom is -0.469 e. The summed E-state index contributed by atoms with van der Waals surface area (Å²) in [6, 6.07) is 5.08. The van der Waals surface area contributed by atoms with Crippen LogP contribution in [0.4, 0.5) is 0 Å². The van der Waals surface area contributed by atoms with Crippen molar-refractivity contribution in [3.05, 3.63) is 30.1 Å². The molecule has 1 aromatic heterocycles. The van der Waals surface area contributed by atoms with E-state index in [2.05, 4.69) is 4.98 Å². The fraction of sp³-hybridized carbons (Fsp3) is 0.455. The number of methoxy groups -OCH3 is 1. The molecular weight excluding hydrogens is 192 g/mol. The van der Waals surface area contributed by atoms with Crippen LogP contribution in [0.3, 0.4) is 0 Å². The van der Waals surface area contributed by atoms with Crippen LogP contribution < -0.4 is 5.73 Å². The number of hydrogen-bond donors (Lipinski definition) is 1. The highest BCUT2D eigenvalue weighted by Crippen LogP contribution is 2.21. The van der Waals surface area contributed by atoms with Crippen LogP contribution >= 0.6 is 0 Å². The summed E-state index contributed by atoms with van der Waals surface area (Å²) in [6.45, 7) is 1.91. The van der Waals surface area contributed by atoms with E-state index >= 15 is 0 Å². The molecule has 0 saturated carbocycles. The highest BCUT2D eigenvalue weighted by atomic mass is 16.5. The van der Waals surface area contributed by atoms with Crippen molar-refractivity contribution in [2.24, 2.45) is 11.7 Å². The average molecular weight is 208 g/mol. The lowest BCUT2D eigenvalue weighted by molar-refractivity contribution is -0.146. The summed E-state index contributed by atoms with van der Waals surface area (Å²) < 4.78 is 4.70. The van der Waals surface area contributed by atoms with E-state index in [0.717, 1.165) is 5.69 Å². The van der Waals surface area contributed by atoms with Gasteiger partial charge in [0, 0.05) is 6.20 Å². The Morgan fingerprint density at radius 3 is 2.80 bits per heavy atom. The summed E-state index contributed by atoms with van der Waals surface area (Å²) in [7, 11) is 1.37. The molecule has 0 aromatic carbocycles. The quantitative estimate of drug-likeness (QED) is 0.757. The molecule has 0 aliphatic carbocycles. The summed E-state index contributed by atoms with van der Waals surface area (Å²) in [5, 5.41) is 0. The molecule has 0 aliphatic heterocycles. The Balaban J connectivity index is 2.82. The molecule has 2 N–H and O–H groups in total. The lowest BCUT2D eigenvalue weighted by atomic mass is 9.95. The number of ether oxygens (including phenoxy) is 1. The van der Waals surface area contributed by atoms with Gasteiger partial charge < -0.3 is 10.5 Å². The zero-order valence-corrected chi connectivity index (χ0v) is 9.01. The van der Waals surface area contributed by atoms with Crippen LogP contribution in [0.2, 0.25) is 0 Å². The Kier molecular flexibility index (Phi) is 4.24. The lowest BCUT2D eigenvalue weighted by Gasteiger charge is -2.19. The van der Waals surface area contributed by atoms with Crippen molar-refractivity contribution < 1.29 is 9.53 Å². The van der Waals surface area contributed by atoms with Crippen molar-refractivity contribution >= 4 is 5.97 Å². The molecule has 2 unspecified atom stereocenters. The van der Waals surface area contributed by atoms with E-state index in [9.17, 15) is 4.79 Å². The molecular formula is C11H16N2O2. The van der Waals surface area contributed by atoms with Gasteiger partial charge in [0.05, 0.1) is 24.8 Å². The molecule has 0 saturated heterocycles. The summed E-state index contributed by atoms with van der Waals surface area (Å²) in [5.41, 5.74) is 6.68. The predicted octanol–water partition coefficient (Wildman–Crippen LogP) is 1.28. The third-order valence-corrected chi connectivity index (χ3v) is 2.41. The second kappa shape index (κ2) is 5.46. The standard InChI is InChI=1S/C11H16N2O2/c1-3-8(11(14)15-2)10(12)9-6-4-5-7-13-9/h4-8,10H,3,12H2,1-2H3. The van der Waals surface area contributed by atoms with Gasteiger partial charge in [-0.3, -0.25) is 9.78 Å². The predicted molar refractivity (Wildman–Crippen MR) is 57.0 cm³/mol. The molecule has 0 spiro atoms. The molecule has 1 rings (SSSR count). The van der Waals surface area contributed by atoms with Gasteiger partial charge in [0.2, 0.25) is 0 Å².